The summed E-state index contributed by atoms with van der Waals surface area (Å²) < 4.78 is 6.34. The van der Waals surface area contributed by atoms with Crippen molar-refractivity contribution in [2.75, 3.05) is 0 Å². The number of nitrogens with zero attached hydrogens (tertiary/aromatic N) is 14. The maximum atomic E-state index is 8.89. The molecule has 20 nitrogen and oxygen atoms in total. The molecule has 0 amide bonds. The van der Waals surface area contributed by atoms with Gasteiger partial charge in [0, 0.05) is 11.9 Å². The summed E-state index contributed by atoms with van der Waals surface area (Å²) in [5.74, 6) is 0.576. The molecule has 0 saturated carbocycles. The molecule has 0 unspecified atom stereocenters. The number of carbonyl (C=O) groups is 2. The van der Waals surface area contributed by atoms with E-state index in [0.29, 0.717) is 23.3 Å². The summed E-state index contributed by atoms with van der Waals surface area (Å²) >= 11 is 0. The van der Waals surface area contributed by atoms with E-state index in [1.165, 1.54) is 25.3 Å². The Morgan fingerprint density at radius 3 is 0.907 bits per heavy atom. The van der Waals surface area contributed by atoms with Gasteiger partial charge in [-0.3, -0.25) is 0 Å². The molecule has 6 heterocycles. The minimum atomic E-state index is -1.08. The van der Waals surface area contributed by atoms with Crippen LogP contribution in [0.2, 0.25) is 0 Å². The van der Waals surface area contributed by atoms with Gasteiger partial charge in [-0.05, 0) is 38.1 Å². The molecule has 0 saturated heterocycles. The zero-order chi connectivity index (χ0) is 28.7. The molecule has 0 bridgehead atoms. The molecule has 1 radical (unpaired) electrons. The molecule has 21 heteroatoms. The van der Waals surface area contributed by atoms with Crippen molar-refractivity contribution >= 4 is 11.9 Å². The first-order valence-corrected chi connectivity index (χ1v) is 11.0. The monoisotopic (exact) mass is 643 g/mol. The topological polar surface area (TPSA) is 292 Å². The van der Waals surface area contributed by atoms with Crippen LogP contribution >= 0.6 is 0 Å². The van der Waals surface area contributed by atoms with Crippen molar-refractivity contribution in [2.45, 2.75) is 13.8 Å². The van der Waals surface area contributed by atoms with Gasteiger partial charge in [-0.1, -0.05) is 12.1 Å². The summed E-state index contributed by atoms with van der Waals surface area (Å²) in [6.45, 7) is 1.94. The van der Waals surface area contributed by atoms with Crippen LogP contribution in [0.3, 0.4) is 0 Å². The smallest absolute Gasteiger partial charge is 0.550 e. The third-order valence-electron chi connectivity index (χ3n) is 4.05. The predicted octanol–water partition coefficient (Wildman–Crippen LogP) is -3.65. The standard InChI is InChI=1S/2C9H7N7.2C2H4O2.Cu.2H2O/c2*1-2-8(15-6-10-4-12-15)14-9(3-1)16-7-11-5-13-16;2*1-2(3)4;;;/h2*1-7H;2*1H3,(H,3,4);;2*1H2/q;;;;+2;;/p-2. The van der Waals surface area contributed by atoms with Crippen LogP contribution in [0.15, 0.2) is 87.0 Å². The molecule has 4 N–H and O–H groups in total. The van der Waals surface area contributed by atoms with E-state index in [0.717, 1.165) is 13.8 Å². The molecular formula is C22H24CuN14O6. The van der Waals surface area contributed by atoms with E-state index in [1.807, 2.05) is 36.4 Å². The van der Waals surface area contributed by atoms with Crippen LogP contribution in [0.4, 0.5) is 0 Å². The van der Waals surface area contributed by atoms with Gasteiger partial charge in [0.05, 0.1) is 0 Å². The molecule has 0 spiro atoms. The molecule has 229 valence electrons. The Morgan fingerprint density at radius 1 is 0.535 bits per heavy atom. The van der Waals surface area contributed by atoms with Gasteiger partial charge in [0.1, 0.15) is 50.6 Å². The fourth-order valence-corrected chi connectivity index (χ4v) is 2.64. The molecular weight excluding hydrogens is 620 g/mol. The fourth-order valence-electron chi connectivity index (χ4n) is 2.64. The van der Waals surface area contributed by atoms with Crippen molar-refractivity contribution in [3.63, 3.8) is 0 Å². The van der Waals surface area contributed by atoms with Gasteiger partial charge < -0.3 is 30.8 Å². The van der Waals surface area contributed by atoms with Crippen LogP contribution in [0.5, 0.6) is 0 Å². The number of carbonyl (C=O) groups excluding carboxylic acids is 2. The minimum absolute atomic E-state index is 0. The van der Waals surface area contributed by atoms with E-state index < -0.39 is 11.9 Å². The van der Waals surface area contributed by atoms with Crippen molar-refractivity contribution in [2.24, 2.45) is 0 Å². The Bertz CT molecular complexity index is 1350. The average molecular weight is 644 g/mol. The number of hydrogen-bond donors (Lipinski definition) is 0. The Labute approximate surface area is 252 Å². The maximum absolute atomic E-state index is 8.89. The molecule has 0 aliphatic carbocycles. The van der Waals surface area contributed by atoms with E-state index >= 15 is 0 Å². The Hall–Kier alpha value is -5.76. The SMILES string of the molecule is CC(=O)[O-].CC(=O)[O-].O.O.[Cu+2].c1cc(-n2cncn2)nc(-n2cncn2)c1.c1cc(-n2cncn2)nc(-n2cncn2)c1. The van der Waals surface area contributed by atoms with Crippen LogP contribution in [0.25, 0.3) is 23.3 Å². The molecule has 0 fully saturated rings. The van der Waals surface area contributed by atoms with Gasteiger partial charge in [-0.25, -0.2) is 48.6 Å². The molecule has 0 aliphatic rings. The molecule has 0 aromatic carbocycles. The van der Waals surface area contributed by atoms with Gasteiger partial charge in [0.2, 0.25) is 0 Å². The second-order valence-electron chi connectivity index (χ2n) is 7.05. The first-order chi connectivity index (χ1) is 19.3. The van der Waals surface area contributed by atoms with Crippen molar-refractivity contribution in [3.05, 3.63) is 87.0 Å². The first-order valence-electron chi connectivity index (χ1n) is 11.0. The summed E-state index contributed by atoms with van der Waals surface area (Å²) in [6, 6.07) is 11.1. The van der Waals surface area contributed by atoms with E-state index in [-0.39, 0.29) is 28.0 Å². The zero-order valence-corrected chi connectivity index (χ0v) is 23.2. The number of aliphatic carboxylic acids is 2. The van der Waals surface area contributed by atoms with Crippen LogP contribution in [0.1, 0.15) is 13.8 Å². The van der Waals surface area contributed by atoms with Gasteiger partial charge in [-0.2, -0.15) is 20.4 Å². The fraction of sp³-hybridized carbons (Fsp3) is 0.0909. The maximum Gasteiger partial charge on any atom is 2.00 e. The summed E-state index contributed by atoms with van der Waals surface area (Å²) in [7, 11) is 0. The van der Waals surface area contributed by atoms with Gasteiger partial charge in [0.15, 0.2) is 23.3 Å². The van der Waals surface area contributed by atoms with Gasteiger partial charge >= 0.3 is 17.1 Å². The number of carboxylic acids is 2. The van der Waals surface area contributed by atoms with E-state index in [4.69, 9.17) is 19.8 Å². The summed E-state index contributed by atoms with van der Waals surface area (Å²) in [4.78, 5) is 42.0. The van der Waals surface area contributed by atoms with Crippen molar-refractivity contribution in [3.8, 4) is 23.3 Å². The summed E-state index contributed by atoms with van der Waals surface area (Å²) in [6.07, 6.45) is 12.2. The van der Waals surface area contributed by atoms with Gasteiger partial charge in [-0.15, -0.1) is 0 Å². The minimum Gasteiger partial charge on any atom is -0.550 e. The Kier molecular flexibility index (Phi) is 16.7. The van der Waals surface area contributed by atoms with E-state index in [9.17, 15) is 0 Å². The summed E-state index contributed by atoms with van der Waals surface area (Å²) in [5.41, 5.74) is 0. The van der Waals surface area contributed by atoms with E-state index in [1.54, 1.807) is 44.0 Å². The van der Waals surface area contributed by atoms with Crippen molar-refractivity contribution < 1.29 is 47.8 Å². The third kappa shape index (κ3) is 12.5. The van der Waals surface area contributed by atoms with Crippen LogP contribution < -0.4 is 10.2 Å². The quantitative estimate of drug-likeness (QED) is 0.167. The molecule has 43 heavy (non-hydrogen) atoms. The van der Waals surface area contributed by atoms with Crippen LogP contribution in [0, 0.1) is 0 Å². The largest absolute Gasteiger partial charge is 2.00 e. The molecule has 0 atom stereocenters. The number of pyridine rings is 2. The van der Waals surface area contributed by atoms with Crippen molar-refractivity contribution in [1.82, 2.24) is 69.0 Å². The van der Waals surface area contributed by atoms with Gasteiger partial charge in [0.25, 0.3) is 0 Å². The average Bonchev–Trinajstić information content (AvgIpc) is 3.77. The van der Waals surface area contributed by atoms with Crippen molar-refractivity contribution in [1.29, 1.82) is 0 Å². The number of hydrogen-bond acceptors (Lipinski definition) is 14. The Balaban J connectivity index is 0.000000625. The molecule has 0 aliphatic heterocycles. The summed E-state index contributed by atoms with van der Waals surface area (Å²) in [5, 5.41) is 33.8. The number of rotatable bonds is 4. The van der Waals surface area contributed by atoms with E-state index in [2.05, 4.69) is 50.3 Å². The second kappa shape index (κ2) is 19.3. The number of aromatic nitrogens is 14. The first kappa shape index (κ1) is 37.2. The van der Waals surface area contributed by atoms with Crippen LogP contribution in [-0.4, -0.2) is 91.9 Å². The molecule has 6 aromatic heterocycles. The zero-order valence-electron chi connectivity index (χ0n) is 22.3. The van der Waals surface area contributed by atoms with Crippen LogP contribution in [-0.2, 0) is 26.7 Å². The third-order valence-corrected chi connectivity index (χ3v) is 4.05. The molecule has 6 rings (SSSR count). The molecule has 6 aromatic rings. The number of carboxylic acid groups (broad SMARTS) is 2. The predicted molar refractivity (Wildman–Crippen MR) is 137 cm³/mol. The Morgan fingerprint density at radius 2 is 0.744 bits per heavy atom. The second-order valence-corrected chi connectivity index (χ2v) is 7.05. The normalized spacial score (nSPS) is 8.98.